The van der Waals surface area contributed by atoms with Crippen LogP contribution in [0.3, 0.4) is 0 Å². The van der Waals surface area contributed by atoms with Crippen LogP contribution in [0.15, 0.2) is 18.6 Å². The van der Waals surface area contributed by atoms with E-state index in [1.165, 1.54) is 6.33 Å². The molecule has 0 aliphatic carbocycles. The van der Waals surface area contributed by atoms with E-state index in [1.54, 1.807) is 16.7 Å². The molecule has 0 aliphatic heterocycles. The van der Waals surface area contributed by atoms with Crippen molar-refractivity contribution < 1.29 is 10.0 Å². The van der Waals surface area contributed by atoms with Crippen LogP contribution in [0.5, 0.6) is 0 Å². The standard InChI is InChI=1S/C7H8BN3O2/c1-5-2-6(8(12)13)3-11-4-9-10-7(5)11/h2-4,12-13H,1H3. The van der Waals surface area contributed by atoms with Crippen molar-refractivity contribution in [2.45, 2.75) is 6.92 Å². The summed E-state index contributed by atoms with van der Waals surface area (Å²) >= 11 is 0. The number of hydrogen-bond acceptors (Lipinski definition) is 4. The van der Waals surface area contributed by atoms with E-state index < -0.39 is 7.12 Å². The first kappa shape index (κ1) is 8.21. The van der Waals surface area contributed by atoms with Crippen LogP contribution in [0.2, 0.25) is 0 Å². The predicted molar refractivity (Wildman–Crippen MR) is 47.5 cm³/mol. The van der Waals surface area contributed by atoms with Crippen molar-refractivity contribution in [2.24, 2.45) is 0 Å². The fraction of sp³-hybridized carbons (Fsp3) is 0.143. The van der Waals surface area contributed by atoms with Crippen LogP contribution < -0.4 is 5.46 Å². The summed E-state index contributed by atoms with van der Waals surface area (Å²) in [5, 5.41) is 25.5. The monoisotopic (exact) mass is 177 g/mol. The van der Waals surface area contributed by atoms with Crippen molar-refractivity contribution in [2.75, 3.05) is 0 Å². The predicted octanol–water partition coefficient (Wildman–Crippen LogP) is -1.28. The summed E-state index contributed by atoms with van der Waals surface area (Å²) in [7, 11) is -1.45. The smallest absolute Gasteiger partial charge is 0.423 e. The molecule has 0 bridgehead atoms. The van der Waals surface area contributed by atoms with Crippen LogP contribution in [0, 0.1) is 6.92 Å². The van der Waals surface area contributed by atoms with Crippen LogP contribution in [0.4, 0.5) is 0 Å². The van der Waals surface area contributed by atoms with Gasteiger partial charge in [0, 0.05) is 6.20 Å². The molecule has 2 aromatic heterocycles. The third-order valence-electron chi connectivity index (χ3n) is 1.90. The van der Waals surface area contributed by atoms with Crippen LogP contribution in [-0.2, 0) is 0 Å². The van der Waals surface area contributed by atoms with E-state index in [-0.39, 0.29) is 0 Å². The number of aryl methyl sites for hydroxylation is 1. The maximum absolute atomic E-state index is 8.95. The molecule has 0 atom stereocenters. The Morgan fingerprint density at radius 3 is 2.92 bits per heavy atom. The summed E-state index contributed by atoms with van der Waals surface area (Å²) < 4.78 is 1.66. The number of hydrogen-bond donors (Lipinski definition) is 2. The van der Waals surface area contributed by atoms with Crippen molar-refractivity contribution in [3.63, 3.8) is 0 Å². The van der Waals surface area contributed by atoms with E-state index in [0.29, 0.717) is 5.46 Å². The van der Waals surface area contributed by atoms with Gasteiger partial charge in [0.2, 0.25) is 0 Å². The Hall–Kier alpha value is -1.40. The average Bonchev–Trinajstić information content (AvgIpc) is 2.51. The van der Waals surface area contributed by atoms with E-state index >= 15 is 0 Å². The quantitative estimate of drug-likeness (QED) is 0.532. The van der Waals surface area contributed by atoms with Gasteiger partial charge in [-0.25, -0.2) is 0 Å². The average molecular weight is 177 g/mol. The molecule has 0 unspecified atom stereocenters. The highest BCUT2D eigenvalue weighted by atomic mass is 16.4. The maximum Gasteiger partial charge on any atom is 0.489 e. The molecule has 0 saturated heterocycles. The fourth-order valence-electron chi connectivity index (χ4n) is 1.27. The van der Waals surface area contributed by atoms with Crippen molar-refractivity contribution in [3.05, 3.63) is 24.2 Å². The normalized spacial score (nSPS) is 10.7. The summed E-state index contributed by atoms with van der Waals surface area (Å²) in [4.78, 5) is 0. The van der Waals surface area contributed by atoms with E-state index in [1.807, 2.05) is 6.92 Å². The van der Waals surface area contributed by atoms with Gasteiger partial charge in [0.25, 0.3) is 0 Å². The van der Waals surface area contributed by atoms with Gasteiger partial charge in [-0.1, -0.05) is 6.07 Å². The minimum absolute atomic E-state index is 0.435. The molecular weight excluding hydrogens is 169 g/mol. The molecule has 5 nitrogen and oxygen atoms in total. The highest BCUT2D eigenvalue weighted by Gasteiger charge is 2.13. The molecule has 2 rings (SSSR count). The van der Waals surface area contributed by atoms with Crippen molar-refractivity contribution in [1.29, 1.82) is 0 Å². The summed E-state index contributed by atoms with van der Waals surface area (Å²) in [6, 6.07) is 1.68. The highest BCUT2D eigenvalue weighted by Crippen LogP contribution is 2.03. The lowest BCUT2D eigenvalue weighted by Gasteiger charge is -2.02. The van der Waals surface area contributed by atoms with Gasteiger partial charge in [0.05, 0.1) is 0 Å². The van der Waals surface area contributed by atoms with Crippen LogP contribution in [0.25, 0.3) is 5.65 Å². The minimum Gasteiger partial charge on any atom is -0.423 e. The third kappa shape index (κ3) is 1.30. The zero-order valence-corrected chi connectivity index (χ0v) is 7.05. The Morgan fingerprint density at radius 2 is 2.23 bits per heavy atom. The van der Waals surface area contributed by atoms with E-state index in [0.717, 1.165) is 11.2 Å². The molecule has 0 radical (unpaired) electrons. The summed E-state index contributed by atoms with van der Waals surface area (Å²) in [6.45, 7) is 1.84. The van der Waals surface area contributed by atoms with Crippen LogP contribution in [-0.4, -0.2) is 31.8 Å². The Morgan fingerprint density at radius 1 is 1.46 bits per heavy atom. The molecule has 0 aromatic carbocycles. The summed E-state index contributed by atoms with van der Waals surface area (Å²) in [5.74, 6) is 0. The van der Waals surface area contributed by atoms with E-state index in [4.69, 9.17) is 10.0 Å². The number of aromatic nitrogens is 3. The molecule has 13 heavy (non-hydrogen) atoms. The lowest BCUT2D eigenvalue weighted by Crippen LogP contribution is -2.30. The van der Waals surface area contributed by atoms with Gasteiger partial charge >= 0.3 is 7.12 Å². The summed E-state index contributed by atoms with van der Waals surface area (Å²) in [6.07, 6.45) is 3.11. The Bertz CT molecular complexity index is 440. The van der Waals surface area contributed by atoms with Gasteiger partial charge in [-0.15, -0.1) is 10.2 Å². The van der Waals surface area contributed by atoms with Gasteiger partial charge in [0.15, 0.2) is 5.65 Å². The van der Waals surface area contributed by atoms with Crippen molar-refractivity contribution >= 4 is 18.2 Å². The number of fused-ring (bicyclic) bond motifs is 1. The largest absolute Gasteiger partial charge is 0.489 e. The second kappa shape index (κ2) is 2.83. The van der Waals surface area contributed by atoms with Crippen LogP contribution in [0.1, 0.15) is 5.56 Å². The van der Waals surface area contributed by atoms with E-state index in [2.05, 4.69) is 10.2 Å². The van der Waals surface area contributed by atoms with Crippen molar-refractivity contribution in [1.82, 2.24) is 14.6 Å². The molecule has 2 heterocycles. The molecule has 0 spiro atoms. The lowest BCUT2D eigenvalue weighted by molar-refractivity contribution is 0.425. The van der Waals surface area contributed by atoms with Gasteiger partial charge < -0.3 is 10.0 Å². The first-order valence-electron chi connectivity index (χ1n) is 3.84. The first-order valence-corrected chi connectivity index (χ1v) is 3.84. The molecule has 0 fully saturated rings. The number of rotatable bonds is 1. The molecule has 0 aliphatic rings. The van der Waals surface area contributed by atoms with Gasteiger partial charge in [-0.3, -0.25) is 4.40 Å². The Labute approximate surface area is 74.8 Å². The first-order chi connectivity index (χ1) is 6.18. The minimum atomic E-state index is -1.45. The van der Waals surface area contributed by atoms with Crippen molar-refractivity contribution in [3.8, 4) is 0 Å². The SMILES string of the molecule is Cc1cc(B(O)O)cn2cnnc12. The molecule has 2 N–H and O–H groups in total. The molecule has 0 amide bonds. The Kier molecular flexibility index (Phi) is 1.79. The Balaban J connectivity index is 2.70. The number of nitrogens with zero attached hydrogens (tertiary/aromatic N) is 3. The van der Waals surface area contributed by atoms with Crippen LogP contribution >= 0.6 is 0 Å². The zero-order chi connectivity index (χ0) is 9.42. The second-order valence-corrected chi connectivity index (χ2v) is 2.89. The van der Waals surface area contributed by atoms with Gasteiger partial charge in [-0.05, 0) is 17.9 Å². The molecular formula is C7H8BN3O2. The molecule has 66 valence electrons. The summed E-state index contributed by atoms with van der Waals surface area (Å²) in [5.41, 5.74) is 2.03. The van der Waals surface area contributed by atoms with Gasteiger partial charge in [0.1, 0.15) is 6.33 Å². The lowest BCUT2D eigenvalue weighted by atomic mass is 9.81. The third-order valence-corrected chi connectivity index (χ3v) is 1.90. The van der Waals surface area contributed by atoms with E-state index in [9.17, 15) is 0 Å². The van der Waals surface area contributed by atoms with Gasteiger partial charge in [-0.2, -0.15) is 0 Å². The molecule has 2 aromatic rings. The molecule has 6 heteroatoms. The number of pyridine rings is 1. The maximum atomic E-state index is 8.95. The highest BCUT2D eigenvalue weighted by molar-refractivity contribution is 6.58. The second-order valence-electron chi connectivity index (χ2n) is 2.89. The zero-order valence-electron chi connectivity index (χ0n) is 7.05. The molecule has 0 saturated carbocycles. The topological polar surface area (TPSA) is 70.7 Å². The fourth-order valence-corrected chi connectivity index (χ4v) is 1.27.